The zero-order chi connectivity index (χ0) is 20.1. The Morgan fingerprint density at radius 3 is 2.64 bits per heavy atom. The molecular formula is C23H33NO4. The van der Waals surface area contributed by atoms with Crippen LogP contribution in [0.1, 0.15) is 72.1 Å². The standard InChI is InChI=1S/C23H33NO4/c1-14(25)18-6-7-19-17-5-4-15-12-16(24-28-13-21(26)27)8-10-22(15,2)20(17)9-11-23(18,19)3/h12,17-20H,4-11,13H2,1-3H3,(H,26,27)/b24-16+/t17-,18-,19+,20-,22-,23+/m0/s1. The van der Waals surface area contributed by atoms with Crippen molar-refractivity contribution in [2.45, 2.75) is 72.1 Å². The first-order chi connectivity index (χ1) is 13.3. The van der Waals surface area contributed by atoms with Gasteiger partial charge >= 0.3 is 5.97 Å². The number of hydrogen-bond donors (Lipinski definition) is 1. The largest absolute Gasteiger partial charge is 0.479 e. The van der Waals surface area contributed by atoms with Gasteiger partial charge in [0.25, 0.3) is 0 Å². The maximum Gasteiger partial charge on any atom is 0.344 e. The molecule has 1 N–H and O–H groups in total. The normalized spacial score (nSPS) is 43.5. The van der Waals surface area contributed by atoms with Crippen LogP contribution < -0.4 is 0 Å². The highest BCUT2D eigenvalue weighted by Gasteiger charge is 2.59. The zero-order valence-corrected chi connectivity index (χ0v) is 17.4. The molecule has 0 unspecified atom stereocenters. The van der Waals surface area contributed by atoms with E-state index in [0.717, 1.165) is 37.3 Å². The van der Waals surface area contributed by atoms with E-state index in [4.69, 9.17) is 9.94 Å². The lowest BCUT2D eigenvalue weighted by Gasteiger charge is -2.58. The van der Waals surface area contributed by atoms with Crippen LogP contribution in [-0.4, -0.2) is 29.2 Å². The molecule has 0 radical (unpaired) electrons. The number of carboxylic acids is 1. The number of carbonyl (C=O) groups excluding carboxylic acids is 1. The van der Waals surface area contributed by atoms with Crippen molar-refractivity contribution in [3.8, 4) is 0 Å². The summed E-state index contributed by atoms with van der Waals surface area (Å²) in [7, 11) is 0. The van der Waals surface area contributed by atoms with Crippen LogP contribution in [-0.2, 0) is 14.4 Å². The third kappa shape index (κ3) is 3.02. The summed E-state index contributed by atoms with van der Waals surface area (Å²) in [5, 5.41) is 12.8. The molecule has 0 bridgehead atoms. The summed E-state index contributed by atoms with van der Waals surface area (Å²) in [4.78, 5) is 27.8. The Morgan fingerprint density at radius 1 is 1.14 bits per heavy atom. The second-order valence-electron chi connectivity index (χ2n) is 10.0. The minimum atomic E-state index is -0.996. The van der Waals surface area contributed by atoms with Crippen molar-refractivity contribution >= 4 is 17.5 Å². The summed E-state index contributed by atoms with van der Waals surface area (Å²) >= 11 is 0. The summed E-state index contributed by atoms with van der Waals surface area (Å²) < 4.78 is 0. The van der Waals surface area contributed by atoms with E-state index < -0.39 is 5.97 Å². The SMILES string of the molecule is CC(=O)[C@@H]1CC[C@@H]2[C@@H]3CCC4=C/C(=N/OCC(=O)O)CC[C@]4(C)[C@H]3CC[C@@]21C. The molecule has 0 aromatic rings. The van der Waals surface area contributed by atoms with Gasteiger partial charge in [0.05, 0.1) is 5.71 Å². The molecule has 28 heavy (non-hydrogen) atoms. The Labute approximate surface area is 167 Å². The Bertz CT molecular complexity index is 741. The lowest BCUT2D eigenvalue weighted by Crippen LogP contribution is -2.51. The fourth-order valence-corrected chi connectivity index (χ4v) is 7.48. The molecule has 3 fully saturated rings. The van der Waals surface area contributed by atoms with Gasteiger partial charge in [0.1, 0.15) is 5.78 Å². The number of rotatable bonds is 4. The summed E-state index contributed by atoms with van der Waals surface area (Å²) in [6.07, 6.45) is 11.1. The van der Waals surface area contributed by atoms with E-state index in [0.29, 0.717) is 17.6 Å². The number of nitrogens with zero attached hydrogens (tertiary/aromatic N) is 1. The van der Waals surface area contributed by atoms with Gasteiger partial charge in [-0.3, -0.25) is 4.79 Å². The van der Waals surface area contributed by atoms with Crippen molar-refractivity contribution in [2.24, 2.45) is 39.7 Å². The second kappa shape index (κ2) is 7.00. The third-order valence-corrected chi connectivity index (χ3v) is 8.84. The molecule has 0 amide bonds. The molecular weight excluding hydrogens is 354 g/mol. The van der Waals surface area contributed by atoms with E-state index >= 15 is 0 Å². The van der Waals surface area contributed by atoms with Gasteiger partial charge in [-0.15, -0.1) is 0 Å². The molecule has 0 aliphatic heterocycles. The topological polar surface area (TPSA) is 76.0 Å². The number of hydrogen-bond acceptors (Lipinski definition) is 4. The number of carboxylic acid groups (broad SMARTS) is 1. The molecule has 6 atom stereocenters. The average Bonchev–Trinajstić information content (AvgIpc) is 2.99. The molecule has 4 aliphatic carbocycles. The predicted molar refractivity (Wildman–Crippen MR) is 107 cm³/mol. The molecule has 0 heterocycles. The fourth-order valence-electron chi connectivity index (χ4n) is 7.48. The quantitative estimate of drug-likeness (QED) is 0.715. The van der Waals surface area contributed by atoms with Gasteiger partial charge in [-0.2, -0.15) is 0 Å². The average molecular weight is 388 g/mol. The molecule has 5 heteroatoms. The van der Waals surface area contributed by atoms with Gasteiger partial charge in [0, 0.05) is 5.92 Å². The maximum atomic E-state index is 12.3. The number of ketones is 1. The van der Waals surface area contributed by atoms with Crippen molar-refractivity contribution < 1.29 is 19.5 Å². The number of fused-ring (bicyclic) bond motifs is 5. The van der Waals surface area contributed by atoms with Crippen molar-refractivity contribution in [2.75, 3.05) is 6.61 Å². The van der Waals surface area contributed by atoms with Crippen molar-refractivity contribution in [1.82, 2.24) is 0 Å². The van der Waals surface area contributed by atoms with Crippen LogP contribution in [0.15, 0.2) is 16.8 Å². The molecule has 0 aromatic heterocycles. The fraction of sp³-hybridized carbons (Fsp3) is 0.783. The Morgan fingerprint density at radius 2 is 1.93 bits per heavy atom. The van der Waals surface area contributed by atoms with Gasteiger partial charge in [0.15, 0.2) is 0 Å². The molecule has 0 saturated heterocycles. The van der Waals surface area contributed by atoms with Gasteiger partial charge in [0.2, 0.25) is 6.61 Å². The highest BCUT2D eigenvalue weighted by Crippen LogP contribution is 2.66. The summed E-state index contributed by atoms with van der Waals surface area (Å²) in [5.41, 5.74) is 2.77. The van der Waals surface area contributed by atoms with Crippen LogP contribution in [0.2, 0.25) is 0 Å². The maximum absolute atomic E-state index is 12.3. The second-order valence-corrected chi connectivity index (χ2v) is 10.0. The van der Waals surface area contributed by atoms with Crippen LogP contribution >= 0.6 is 0 Å². The van der Waals surface area contributed by atoms with Gasteiger partial charge in [-0.05, 0) is 93.0 Å². The predicted octanol–water partition coefficient (Wildman–Crippen LogP) is 4.61. The number of aliphatic carboxylic acids is 1. The lowest BCUT2D eigenvalue weighted by atomic mass is 9.46. The van der Waals surface area contributed by atoms with Crippen molar-refractivity contribution in [1.29, 1.82) is 0 Å². The molecule has 3 saturated carbocycles. The van der Waals surface area contributed by atoms with E-state index in [1.807, 2.05) is 0 Å². The van der Waals surface area contributed by atoms with E-state index in [2.05, 4.69) is 25.1 Å². The van der Waals surface area contributed by atoms with Crippen LogP contribution in [0, 0.1) is 34.5 Å². The number of carbonyl (C=O) groups is 2. The molecule has 5 nitrogen and oxygen atoms in total. The van der Waals surface area contributed by atoms with Crippen LogP contribution in [0.5, 0.6) is 0 Å². The molecule has 154 valence electrons. The number of oxime groups is 1. The zero-order valence-electron chi connectivity index (χ0n) is 17.4. The minimum Gasteiger partial charge on any atom is -0.479 e. The first kappa shape index (κ1) is 19.7. The highest BCUT2D eigenvalue weighted by molar-refractivity contribution is 5.96. The van der Waals surface area contributed by atoms with E-state index in [9.17, 15) is 9.59 Å². The van der Waals surface area contributed by atoms with E-state index in [1.54, 1.807) is 6.92 Å². The smallest absolute Gasteiger partial charge is 0.344 e. The van der Waals surface area contributed by atoms with Crippen LogP contribution in [0.4, 0.5) is 0 Å². The van der Waals surface area contributed by atoms with Crippen LogP contribution in [0.25, 0.3) is 0 Å². The summed E-state index contributed by atoms with van der Waals surface area (Å²) in [5.74, 6) is 1.77. The van der Waals surface area contributed by atoms with E-state index in [-0.39, 0.29) is 23.4 Å². The number of allylic oxidation sites excluding steroid dienone is 2. The number of Topliss-reactive ketones (excluding diaryl/α,β-unsaturated/α-hetero) is 1. The minimum absolute atomic E-state index is 0.205. The Balaban J connectivity index is 1.55. The summed E-state index contributed by atoms with van der Waals surface area (Å²) in [6, 6.07) is 0. The first-order valence-electron chi connectivity index (χ1n) is 10.9. The third-order valence-electron chi connectivity index (χ3n) is 8.84. The Hall–Kier alpha value is -1.65. The lowest BCUT2D eigenvalue weighted by molar-refractivity contribution is -0.142. The first-order valence-corrected chi connectivity index (χ1v) is 10.9. The Kier molecular flexibility index (Phi) is 4.91. The van der Waals surface area contributed by atoms with E-state index in [1.165, 1.54) is 31.3 Å². The van der Waals surface area contributed by atoms with Gasteiger partial charge in [-0.1, -0.05) is 24.6 Å². The molecule has 0 spiro atoms. The van der Waals surface area contributed by atoms with Gasteiger partial charge in [-0.25, -0.2) is 4.79 Å². The summed E-state index contributed by atoms with van der Waals surface area (Å²) in [6.45, 7) is 6.24. The van der Waals surface area contributed by atoms with Gasteiger partial charge < -0.3 is 9.94 Å². The molecule has 4 rings (SSSR count). The highest BCUT2D eigenvalue weighted by atomic mass is 16.6. The van der Waals surface area contributed by atoms with Crippen LogP contribution in [0.3, 0.4) is 0 Å². The monoisotopic (exact) mass is 387 g/mol. The van der Waals surface area contributed by atoms with Crippen molar-refractivity contribution in [3.63, 3.8) is 0 Å². The molecule has 4 aliphatic rings. The molecule has 0 aromatic carbocycles. The van der Waals surface area contributed by atoms with Crippen molar-refractivity contribution in [3.05, 3.63) is 11.6 Å².